The predicted octanol–water partition coefficient (Wildman–Crippen LogP) is -5.57. The average molecular weight is 413 g/mol. The van der Waals surface area contributed by atoms with Crippen LogP contribution in [0.3, 0.4) is 0 Å². The van der Waals surface area contributed by atoms with Gasteiger partial charge in [-0.05, 0) is 0 Å². The van der Waals surface area contributed by atoms with Gasteiger partial charge in [0.25, 0.3) is 0 Å². The number of aliphatic hydroxyl groups excluding tert-OH is 3. The van der Waals surface area contributed by atoms with Crippen molar-refractivity contribution in [3.05, 3.63) is 0 Å². The topological polar surface area (TPSA) is 194 Å². The van der Waals surface area contributed by atoms with Gasteiger partial charge in [-0.3, -0.25) is 0 Å². The molecule has 18 heavy (non-hydrogen) atoms. The van der Waals surface area contributed by atoms with Crippen LogP contribution in [0.25, 0.3) is 0 Å². The summed E-state index contributed by atoms with van der Waals surface area (Å²) < 4.78 is 18.4. The van der Waals surface area contributed by atoms with Gasteiger partial charge in [0.1, 0.15) is 24.9 Å². The number of ether oxygens (including phenoxy) is 1. The maximum atomic E-state index is 10.2. The molecule has 1 fully saturated rings. The summed E-state index contributed by atoms with van der Waals surface area (Å²) in [7, 11) is -5.33. The zero-order valence-electron chi connectivity index (χ0n) is 9.13. The van der Waals surface area contributed by atoms with Crippen LogP contribution in [0.15, 0.2) is 0 Å². The third-order valence-corrected chi connectivity index (χ3v) is 2.56. The Bertz CT molecular complexity index is 296. The molecule has 12 heteroatoms. The molecule has 6 N–H and O–H groups in total. The molecule has 1 saturated heterocycles. The van der Waals surface area contributed by atoms with Gasteiger partial charge in [0.05, 0.1) is 14.4 Å². The molecule has 0 aromatic heterocycles. The van der Waals surface area contributed by atoms with E-state index < -0.39 is 45.1 Å². The van der Waals surface area contributed by atoms with Crippen molar-refractivity contribution in [2.45, 2.75) is 24.1 Å². The Hall–Kier alpha value is 1.44. The minimum absolute atomic E-state index is 0. The first-order valence-electron chi connectivity index (χ1n) is 4.23. The SMILES string of the molecule is O.O=P([O-])([O-])OCC1(O)OCC(O)C(O)C1O.[Ba+2]. The van der Waals surface area contributed by atoms with Crippen molar-refractivity contribution in [1.82, 2.24) is 0 Å². The van der Waals surface area contributed by atoms with Crippen molar-refractivity contribution in [1.29, 1.82) is 0 Å². The second-order valence-electron chi connectivity index (χ2n) is 3.38. The molecule has 1 heterocycles. The number of phosphoric ester groups is 1. The van der Waals surface area contributed by atoms with E-state index >= 15 is 0 Å². The second-order valence-corrected chi connectivity index (χ2v) is 4.53. The van der Waals surface area contributed by atoms with Gasteiger partial charge in [-0.25, -0.2) is 0 Å². The van der Waals surface area contributed by atoms with Crippen LogP contribution >= 0.6 is 7.82 Å². The van der Waals surface area contributed by atoms with E-state index in [-0.39, 0.29) is 54.4 Å². The normalized spacial score (nSPS) is 36.4. The number of hydrogen-bond acceptors (Lipinski definition) is 9. The Kier molecular flexibility index (Phi) is 9.69. The van der Waals surface area contributed by atoms with Crippen LogP contribution in [0.4, 0.5) is 0 Å². The van der Waals surface area contributed by atoms with E-state index in [2.05, 4.69) is 9.26 Å². The van der Waals surface area contributed by atoms with Crippen LogP contribution in [-0.4, -0.2) is 112 Å². The quantitative estimate of drug-likeness (QED) is 0.258. The van der Waals surface area contributed by atoms with Gasteiger partial charge in [-0.2, -0.15) is 0 Å². The fourth-order valence-electron chi connectivity index (χ4n) is 1.19. The van der Waals surface area contributed by atoms with Crippen molar-refractivity contribution in [2.24, 2.45) is 0 Å². The van der Waals surface area contributed by atoms with Gasteiger partial charge in [0, 0.05) is 0 Å². The summed E-state index contributed by atoms with van der Waals surface area (Å²) in [5.74, 6) is -2.55. The van der Waals surface area contributed by atoms with E-state index in [0.29, 0.717) is 0 Å². The van der Waals surface area contributed by atoms with Gasteiger partial charge < -0.3 is 49.5 Å². The maximum Gasteiger partial charge on any atom is 2.00 e. The molecule has 104 valence electrons. The molecule has 0 spiro atoms. The summed E-state index contributed by atoms with van der Waals surface area (Å²) in [5, 5.41) is 37.1. The zero-order chi connectivity index (χ0) is 12.6. The molecule has 1 aliphatic rings. The van der Waals surface area contributed by atoms with E-state index in [1.54, 1.807) is 0 Å². The van der Waals surface area contributed by atoms with Crippen LogP contribution in [0.1, 0.15) is 0 Å². The largest absolute Gasteiger partial charge is 2.00 e. The summed E-state index contributed by atoms with van der Waals surface area (Å²) in [6.07, 6.45) is -5.16. The molecule has 0 amide bonds. The minimum Gasteiger partial charge on any atom is -0.790 e. The first-order chi connectivity index (χ1) is 7.16. The molecular weight excluding hydrogens is 400 g/mol. The Labute approximate surface area is 142 Å². The number of hydrogen-bond donors (Lipinski definition) is 4. The Morgan fingerprint density at radius 2 is 1.89 bits per heavy atom. The number of aliphatic hydroxyl groups is 4. The van der Waals surface area contributed by atoms with Crippen LogP contribution < -0.4 is 9.79 Å². The summed E-state index contributed by atoms with van der Waals surface area (Å²) in [6.45, 7) is -1.71. The molecule has 4 atom stereocenters. The molecule has 0 saturated carbocycles. The monoisotopic (exact) mass is 414 g/mol. The predicted molar refractivity (Wildman–Crippen MR) is 51.8 cm³/mol. The van der Waals surface area contributed by atoms with Crippen molar-refractivity contribution >= 4 is 56.7 Å². The molecule has 4 unspecified atom stereocenters. The molecule has 1 aliphatic heterocycles. The van der Waals surface area contributed by atoms with Gasteiger partial charge in [0.15, 0.2) is 0 Å². The Morgan fingerprint density at radius 3 is 2.33 bits per heavy atom. The van der Waals surface area contributed by atoms with E-state index in [4.69, 9.17) is 5.11 Å². The second kappa shape index (κ2) is 8.02. The maximum absolute atomic E-state index is 10.2. The van der Waals surface area contributed by atoms with Crippen molar-refractivity contribution in [3.8, 4) is 0 Å². The number of phosphoric acid groups is 1. The minimum atomic E-state index is -5.33. The van der Waals surface area contributed by atoms with Crippen molar-refractivity contribution < 1.29 is 49.5 Å². The van der Waals surface area contributed by atoms with Crippen LogP contribution in [-0.2, 0) is 13.8 Å². The summed E-state index contributed by atoms with van der Waals surface area (Å²) in [5.41, 5.74) is 0. The molecule has 0 bridgehead atoms. The van der Waals surface area contributed by atoms with Gasteiger partial charge >= 0.3 is 48.9 Å². The van der Waals surface area contributed by atoms with E-state index in [9.17, 15) is 29.7 Å². The fraction of sp³-hybridized carbons (Fsp3) is 1.00. The van der Waals surface area contributed by atoms with Crippen LogP contribution in [0, 0.1) is 0 Å². The molecule has 0 aromatic carbocycles. The molecule has 0 aromatic rings. The molecule has 1 rings (SSSR count). The van der Waals surface area contributed by atoms with Crippen LogP contribution in [0.2, 0.25) is 0 Å². The molecule has 10 nitrogen and oxygen atoms in total. The molecular formula is C6H13BaO10P. The smallest absolute Gasteiger partial charge is 0.790 e. The zero-order valence-corrected chi connectivity index (χ0v) is 14.5. The third-order valence-electron chi connectivity index (χ3n) is 2.11. The van der Waals surface area contributed by atoms with Crippen molar-refractivity contribution in [3.63, 3.8) is 0 Å². The summed E-state index contributed by atoms with van der Waals surface area (Å²) in [4.78, 5) is 20.3. The van der Waals surface area contributed by atoms with Gasteiger partial charge in [-0.15, -0.1) is 0 Å². The summed E-state index contributed by atoms with van der Waals surface area (Å²) >= 11 is 0. The van der Waals surface area contributed by atoms with E-state index in [1.165, 1.54) is 0 Å². The van der Waals surface area contributed by atoms with Gasteiger partial charge in [0.2, 0.25) is 5.79 Å². The Morgan fingerprint density at radius 1 is 1.39 bits per heavy atom. The van der Waals surface area contributed by atoms with E-state index in [0.717, 1.165) is 0 Å². The van der Waals surface area contributed by atoms with E-state index in [1.807, 2.05) is 0 Å². The average Bonchev–Trinajstić information content (AvgIpc) is 2.18. The standard InChI is InChI=1S/C6H13O9P.Ba.H2O/c7-3-1-14-6(10,5(9)4(3)8)2-15-16(11,12)13;;/h3-5,7-10H,1-2H2,(H2,11,12,13);;1H2/q;+2;/p-2. The first kappa shape index (κ1) is 21.7. The van der Waals surface area contributed by atoms with Crippen molar-refractivity contribution in [2.75, 3.05) is 13.2 Å². The first-order valence-corrected chi connectivity index (χ1v) is 5.69. The molecule has 0 aliphatic carbocycles. The number of rotatable bonds is 3. The molecule has 0 radical (unpaired) electrons. The summed E-state index contributed by atoms with van der Waals surface area (Å²) in [6, 6.07) is 0. The Balaban J connectivity index is 0. The van der Waals surface area contributed by atoms with Gasteiger partial charge in [-0.1, -0.05) is 0 Å². The third kappa shape index (κ3) is 5.83. The fourth-order valence-corrected chi connectivity index (χ4v) is 1.53. The van der Waals surface area contributed by atoms with Crippen LogP contribution in [0.5, 0.6) is 0 Å².